The number of carbonyl (C=O) groups is 2. The van der Waals surface area contributed by atoms with Gasteiger partial charge in [-0.1, -0.05) is 54.1 Å². The lowest BCUT2D eigenvalue weighted by atomic mass is 9.99. The molecule has 4 rings (SSSR count). The number of anilines is 1. The van der Waals surface area contributed by atoms with Gasteiger partial charge in [-0.3, -0.25) is 9.59 Å². The number of benzene rings is 3. The number of ketones is 1. The van der Waals surface area contributed by atoms with Gasteiger partial charge in [0.15, 0.2) is 5.78 Å². The van der Waals surface area contributed by atoms with Crippen molar-refractivity contribution >= 4 is 23.6 Å². The van der Waals surface area contributed by atoms with E-state index < -0.39 is 0 Å². The van der Waals surface area contributed by atoms with Gasteiger partial charge in [0.25, 0.3) is 5.91 Å². The number of nitrogens with zero attached hydrogens (tertiary/aromatic N) is 2. The van der Waals surface area contributed by atoms with Gasteiger partial charge in [-0.15, -0.1) is 0 Å². The van der Waals surface area contributed by atoms with Crippen molar-refractivity contribution in [1.29, 1.82) is 0 Å². The first-order valence-electron chi connectivity index (χ1n) is 12.5. The molecule has 1 aliphatic heterocycles. The number of carbonyl (C=O) groups excluding carboxylic acids is 2. The zero-order valence-corrected chi connectivity index (χ0v) is 21.7. The molecule has 3 aromatic rings. The van der Waals surface area contributed by atoms with E-state index in [9.17, 15) is 9.59 Å². The average molecular weight is 496 g/mol. The van der Waals surface area contributed by atoms with Crippen LogP contribution in [0.5, 0.6) is 5.75 Å². The van der Waals surface area contributed by atoms with E-state index in [1.807, 2.05) is 50.2 Å². The van der Waals surface area contributed by atoms with Crippen molar-refractivity contribution in [2.24, 2.45) is 5.10 Å². The fourth-order valence-corrected chi connectivity index (χ4v) is 4.59. The number of para-hydroxylation sites is 1. The second-order valence-corrected chi connectivity index (χ2v) is 9.37. The minimum absolute atomic E-state index is 0.0255. The van der Waals surface area contributed by atoms with E-state index in [4.69, 9.17) is 4.74 Å². The lowest BCUT2D eigenvalue weighted by molar-refractivity contribution is -0.117. The lowest BCUT2D eigenvalue weighted by Gasteiger charge is -2.31. The van der Waals surface area contributed by atoms with Crippen LogP contribution >= 0.6 is 0 Å². The van der Waals surface area contributed by atoms with Crippen LogP contribution in [0.3, 0.4) is 0 Å². The molecule has 3 aromatic carbocycles. The first-order valence-corrected chi connectivity index (χ1v) is 12.5. The van der Waals surface area contributed by atoms with Crippen molar-refractivity contribution in [2.75, 3.05) is 18.6 Å². The normalized spacial score (nSPS) is 12.7. The van der Waals surface area contributed by atoms with Crippen molar-refractivity contribution < 1.29 is 14.3 Å². The van der Waals surface area contributed by atoms with Crippen LogP contribution in [0.25, 0.3) is 0 Å². The number of hydrogen-bond donors (Lipinski definition) is 1. The number of hydrazone groups is 1. The number of Topliss-reactive ketones (excluding diaryl/α,β-unsaturated/α-hetero) is 1. The molecule has 37 heavy (non-hydrogen) atoms. The maximum atomic E-state index is 12.8. The molecule has 0 fully saturated rings. The second-order valence-electron chi connectivity index (χ2n) is 9.37. The molecule has 1 aliphatic rings. The monoisotopic (exact) mass is 495 g/mol. The van der Waals surface area contributed by atoms with E-state index in [0.29, 0.717) is 11.1 Å². The molecule has 190 valence electrons. The van der Waals surface area contributed by atoms with Gasteiger partial charge in [0.2, 0.25) is 0 Å². The zero-order chi connectivity index (χ0) is 26.2. The summed E-state index contributed by atoms with van der Waals surface area (Å²) in [5.74, 6) is 0.338. The molecule has 0 atom stereocenters. The summed E-state index contributed by atoms with van der Waals surface area (Å²) in [7, 11) is 1.68. The number of amides is 1. The Bertz CT molecular complexity index is 1320. The lowest BCUT2D eigenvalue weighted by Crippen LogP contribution is -2.29. The van der Waals surface area contributed by atoms with Crippen molar-refractivity contribution in [3.8, 4) is 5.75 Å². The van der Waals surface area contributed by atoms with Gasteiger partial charge in [-0.25, -0.2) is 5.43 Å². The van der Waals surface area contributed by atoms with E-state index >= 15 is 0 Å². The number of allylic oxidation sites excluding steroid dienone is 1. The van der Waals surface area contributed by atoms with Crippen LogP contribution in [-0.4, -0.2) is 31.6 Å². The maximum Gasteiger partial charge on any atom is 0.267 e. The molecular weight excluding hydrogens is 462 g/mol. The largest absolute Gasteiger partial charge is 0.496 e. The molecule has 1 heterocycles. The van der Waals surface area contributed by atoms with Gasteiger partial charge in [-0.2, -0.15) is 5.10 Å². The molecule has 0 bridgehead atoms. The third-order valence-corrected chi connectivity index (χ3v) is 6.56. The molecule has 0 saturated carbocycles. The Morgan fingerprint density at radius 2 is 1.78 bits per heavy atom. The smallest absolute Gasteiger partial charge is 0.267 e. The molecule has 0 aromatic heterocycles. The van der Waals surface area contributed by atoms with E-state index in [1.54, 1.807) is 25.5 Å². The Labute approximate surface area is 218 Å². The molecule has 1 amide bonds. The molecule has 6 nitrogen and oxygen atoms in total. The summed E-state index contributed by atoms with van der Waals surface area (Å²) in [6.45, 7) is 5.36. The predicted octanol–water partition coefficient (Wildman–Crippen LogP) is 5.71. The van der Waals surface area contributed by atoms with Gasteiger partial charge in [0.05, 0.1) is 13.3 Å². The standard InChI is InChI=1S/C31H33N3O3/c1-22(2)27(19-29(35)25-11-5-4-6-12-25)31(36)33-32-20-23-15-16-30(37-3)26(18-23)21-34-17-9-13-24-10-7-8-14-28(24)34/h4-8,10-12,14-16,18,20H,9,13,17,19,21H2,1-3H3,(H,33,36). The van der Waals surface area contributed by atoms with Crippen LogP contribution in [-0.2, 0) is 17.8 Å². The van der Waals surface area contributed by atoms with Gasteiger partial charge < -0.3 is 9.64 Å². The minimum Gasteiger partial charge on any atom is -0.496 e. The number of aryl methyl sites for hydroxylation is 1. The predicted molar refractivity (Wildman–Crippen MR) is 148 cm³/mol. The highest BCUT2D eigenvalue weighted by Crippen LogP contribution is 2.30. The van der Waals surface area contributed by atoms with Crippen molar-refractivity contribution in [3.63, 3.8) is 0 Å². The number of nitrogens with one attached hydrogen (secondary N) is 1. The molecular formula is C31H33N3O3. The molecule has 1 N–H and O–H groups in total. The summed E-state index contributed by atoms with van der Waals surface area (Å²) in [6, 6.07) is 23.4. The Kier molecular flexibility index (Phi) is 8.52. The Balaban J connectivity index is 1.45. The highest BCUT2D eigenvalue weighted by Gasteiger charge is 2.19. The van der Waals surface area contributed by atoms with Crippen LogP contribution in [0.4, 0.5) is 5.69 Å². The van der Waals surface area contributed by atoms with Gasteiger partial charge in [0.1, 0.15) is 5.75 Å². The molecule has 0 aliphatic carbocycles. The number of hydrogen-bond acceptors (Lipinski definition) is 5. The summed E-state index contributed by atoms with van der Waals surface area (Å²) in [4.78, 5) is 27.8. The second kappa shape index (κ2) is 12.2. The highest BCUT2D eigenvalue weighted by atomic mass is 16.5. The van der Waals surface area contributed by atoms with E-state index in [0.717, 1.165) is 48.4 Å². The Morgan fingerprint density at radius 3 is 2.54 bits per heavy atom. The Morgan fingerprint density at radius 1 is 1.03 bits per heavy atom. The maximum absolute atomic E-state index is 12.8. The summed E-state index contributed by atoms with van der Waals surface area (Å²) < 4.78 is 5.62. The van der Waals surface area contributed by atoms with E-state index in [1.165, 1.54) is 11.3 Å². The fraction of sp³-hybridized carbons (Fsp3) is 0.258. The van der Waals surface area contributed by atoms with Crippen molar-refractivity contribution in [3.05, 3.63) is 106 Å². The SMILES string of the molecule is COc1ccc(C=NNC(=O)C(CC(=O)c2ccccc2)=C(C)C)cc1CN1CCCc2ccccc21. The van der Waals surface area contributed by atoms with Crippen LogP contribution in [0.15, 0.2) is 89.0 Å². The number of ether oxygens (including phenoxy) is 1. The minimum atomic E-state index is -0.376. The third kappa shape index (κ3) is 6.53. The van der Waals surface area contributed by atoms with Crippen LogP contribution in [0.2, 0.25) is 0 Å². The number of methoxy groups -OCH3 is 1. The summed E-state index contributed by atoms with van der Waals surface area (Å²) >= 11 is 0. The van der Waals surface area contributed by atoms with Gasteiger partial charge in [0, 0.05) is 41.9 Å². The topological polar surface area (TPSA) is 71.0 Å². The molecule has 0 radical (unpaired) electrons. The third-order valence-electron chi connectivity index (χ3n) is 6.56. The highest BCUT2D eigenvalue weighted by molar-refractivity contribution is 6.05. The van der Waals surface area contributed by atoms with E-state index in [-0.39, 0.29) is 18.1 Å². The fourth-order valence-electron chi connectivity index (χ4n) is 4.59. The quantitative estimate of drug-likeness (QED) is 0.179. The van der Waals surface area contributed by atoms with Crippen LogP contribution < -0.4 is 15.1 Å². The number of fused-ring (bicyclic) bond motifs is 1. The van der Waals surface area contributed by atoms with Crippen molar-refractivity contribution in [1.82, 2.24) is 5.43 Å². The van der Waals surface area contributed by atoms with Gasteiger partial charge in [-0.05, 0) is 62.1 Å². The number of rotatable bonds is 9. The van der Waals surface area contributed by atoms with E-state index in [2.05, 4.69) is 39.7 Å². The first-order chi connectivity index (χ1) is 18.0. The average Bonchev–Trinajstić information content (AvgIpc) is 2.92. The van der Waals surface area contributed by atoms with Crippen molar-refractivity contribution in [2.45, 2.75) is 39.7 Å². The Hall–Kier alpha value is -4.19. The summed E-state index contributed by atoms with van der Waals surface area (Å²) in [5, 5.41) is 4.18. The first kappa shape index (κ1) is 25.9. The molecule has 0 saturated heterocycles. The van der Waals surface area contributed by atoms with Crippen LogP contribution in [0, 0.1) is 0 Å². The molecule has 0 unspecified atom stereocenters. The summed E-state index contributed by atoms with van der Waals surface area (Å²) in [5.41, 5.74) is 8.91. The van der Waals surface area contributed by atoms with Gasteiger partial charge >= 0.3 is 0 Å². The van der Waals surface area contributed by atoms with Crippen LogP contribution in [0.1, 0.15) is 53.7 Å². The molecule has 0 spiro atoms. The zero-order valence-electron chi connectivity index (χ0n) is 21.7. The molecule has 6 heteroatoms. The summed E-state index contributed by atoms with van der Waals surface area (Å²) in [6.07, 6.45) is 3.86.